The van der Waals surface area contributed by atoms with Gasteiger partial charge in [-0.15, -0.1) is 5.10 Å². The van der Waals surface area contributed by atoms with Crippen molar-refractivity contribution in [2.24, 2.45) is 5.73 Å². The van der Waals surface area contributed by atoms with Gasteiger partial charge in [-0.25, -0.2) is 0 Å². The molecule has 2 aromatic carbocycles. The Kier molecular flexibility index (Phi) is 3.34. The Labute approximate surface area is 121 Å². The Balaban J connectivity index is 1.77. The molecule has 0 amide bonds. The molecular weight excluding hydrogens is 266 g/mol. The number of rotatable bonds is 4. The average Bonchev–Trinajstić information content (AvgIpc) is 2.97. The summed E-state index contributed by atoms with van der Waals surface area (Å²) in [7, 11) is 0. The molecule has 6 heteroatoms. The summed E-state index contributed by atoms with van der Waals surface area (Å²) in [4.78, 5) is 0. The summed E-state index contributed by atoms with van der Waals surface area (Å²) < 4.78 is 5.56. The number of nitrogens with one attached hydrogen (secondary N) is 1. The first kappa shape index (κ1) is 12.9. The van der Waals surface area contributed by atoms with Crippen LogP contribution < -0.4 is 16.5 Å². The van der Waals surface area contributed by atoms with Crippen LogP contribution in [0.3, 0.4) is 0 Å². The van der Waals surface area contributed by atoms with Crippen LogP contribution in [0.4, 0.5) is 11.7 Å². The number of nitrogens with two attached hydrogens (primary N) is 2. The first-order valence-corrected chi connectivity index (χ1v) is 6.36. The quantitative estimate of drug-likeness (QED) is 0.487. The minimum Gasteiger partial charge on any atom is -0.403 e. The second-order valence-electron chi connectivity index (χ2n) is 4.44. The second-order valence-corrected chi connectivity index (χ2v) is 4.44. The minimum atomic E-state index is 0.283. The fraction of sp³-hybridized carbons (Fsp3) is 0. The van der Waals surface area contributed by atoms with Crippen molar-refractivity contribution in [2.75, 3.05) is 5.32 Å². The van der Waals surface area contributed by atoms with Crippen LogP contribution in [0.1, 0.15) is 5.56 Å². The molecule has 0 unspecified atom stereocenters. The number of anilines is 2. The zero-order valence-electron chi connectivity index (χ0n) is 11.2. The van der Waals surface area contributed by atoms with E-state index in [0.717, 1.165) is 16.8 Å². The van der Waals surface area contributed by atoms with E-state index in [2.05, 4.69) is 15.5 Å². The maximum Gasteiger partial charge on any atom is 0.320 e. The molecule has 6 nitrogen and oxygen atoms in total. The van der Waals surface area contributed by atoms with Crippen molar-refractivity contribution in [1.29, 1.82) is 0 Å². The van der Waals surface area contributed by atoms with Crippen LogP contribution in [0.5, 0.6) is 0 Å². The number of hydrogen-bond donors (Lipinski definition) is 3. The predicted octanol–water partition coefficient (Wildman–Crippen LogP) is 0.945. The van der Waals surface area contributed by atoms with Crippen molar-refractivity contribution < 1.29 is 9.83 Å². The van der Waals surface area contributed by atoms with Gasteiger partial charge in [-0.1, -0.05) is 23.3 Å². The van der Waals surface area contributed by atoms with E-state index in [0.29, 0.717) is 11.9 Å². The van der Waals surface area contributed by atoms with E-state index < -0.39 is 0 Å². The van der Waals surface area contributed by atoms with Crippen LogP contribution in [0.25, 0.3) is 11.5 Å². The predicted molar refractivity (Wildman–Crippen MR) is 79.7 cm³/mol. The van der Waals surface area contributed by atoms with Gasteiger partial charge < -0.3 is 9.73 Å². The van der Waals surface area contributed by atoms with E-state index >= 15 is 0 Å². The largest absolute Gasteiger partial charge is 0.403 e. The van der Waals surface area contributed by atoms with Crippen molar-refractivity contribution in [3.05, 3.63) is 60.2 Å². The lowest BCUT2D eigenvalue weighted by Crippen LogP contribution is -2.46. The van der Waals surface area contributed by atoms with E-state index in [1.165, 1.54) is 0 Å². The average molecular weight is 280 g/mol. The molecule has 1 aromatic heterocycles. The molecule has 0 aliphatic carbocycles. The molecule has 0 saturated carbocycles. The maximum absolute atomic E-state index is 5.56. The van der Waals surface area contributed by atoms with Crippen molar-refractivity contribution in [3.8, 4) is 11.5 Å². The molecule has 0 radical (unpaired) electrons. The lowest BCUT2D eigenvalue weighted by molar-refractivity contribution is -0.114. The molecule has 1 heterocycles. The summed E-state index contributed by atoms with van der Waals surface area (Å²) in [5.74, 6) is 0.750. The number of nitrogens with zero attached hydrogens (tertiary/aromatic N) is 2. The summed E-state index contributed by atoms with van der Waals surface area (Å²) in [5, 5.41) is 16.5. The van der Waals surface area contributed by atoms with Crippen LogP contribution in [0.15, 0.2) is 59.0 Å². The lowest BCUT2D eigenvalue weighted by Gasteiger charge is -2.01. The highest BCUT2D eigenvalue weighted by Crippen LogP contribution is 2.21. The molecule has 0 aliphatic rings. The van der Waals surface area contributed by atoms with E-state index in [-0.39, 0.29) is 5.84 Å². The van der Waals surface area contributed by atoms with Gasteiger partial charge in [0.1, 0.15) is 0 Å². The number of aromatic nitrogens is 2. The lowest BCUT2D eigenvalue weighted by atomic mass is 10.2. The van der Waals surface area contributed by atoms with E-state index in [1.807, 2.05) is 54.6 Å². The van der Waals surface area contributed by atoms with Crippen molar-refractivity contribution in [2.45, 2.75) is 0 Å². The van der Waals surface area contributed by atoms with Gasteiger partial charge in [-0.2, -0.15) is 0 Å². The summed E-state index contributed by atoms with van der Waals surface area (Å²) in [6.07, 6.45) is 0. The SMILES string of the molecule is NC(=[NH2+])c1ccc(Nc2nnc(-c3ccccc3)o2)cc1. The first-order chi connectivity index (χ1) is 10.2. The normalized spacial score (nSPS) is 10.3. The minimum absolute atomic E-state index is 0.283. The van der Waals surface area contributed by atoms with Crippen molar-refractivity contribution in [1.82, 2.24) is 10.2 Å². The van der Waals surface area contributed by atoms with Gasteiger partial charge in [0.25, 0.3) is 5.84 Å². The molecule has 0 spiro atoms. The Morgan fingerprint density at radius 1 is 1.00 bits per heavy atom. The number of amidine groups is 1. The molecule has 0 bridgehead atoms. The zero-order valence-corrected chi connectivity index (χ0v) is 11.2. The Bertz CT molecular complexity index is 749. The van der Waals surface area contributed by atoms with Gasteiger partial charge in [-0.05, 0) is 36.4 Å². The third kappa shape index (κ3) is 2.89. The highest BCUT2D eigenvalue weighted by atomic mass is 16.4. The summed E-state index contributed by atoms with van der Waals surface area (Å²) in [5.41, 5.74) is 7.97. The number of benzene rings is 2. The van der Waals surface area contributed by atoms with E-state index in [9.17, 15) is 0 Å². The standard InChI is InChI=1S/C15H13N5O/c16-13(17)10-6-8-12(9-7-10)18-15-20-19-14(21-15)11-4-2-1-3-5-11/h1-9H,(H3,16,17)(H,18,20)/p+1. The molecule has 3 aromatic rings. The van der Waals surface area contributed by atoms with Crippen LogP contribution in [-0.2, 0) is 0 Å². The highest BCUT2D eigenvalue weighted by molar-refractivity contribution is 5.92. The van der Waals surface area contributed by atoms with Crippen LogP contribution >= 0.6 is 0 Å². The fourth-order valence-electron chi connectivity index (χ4n) is 1.84. The third-order valence-electron chi connectivity index (χ3n) is 2.92. The highest BCUT2D eigenvalue weighted by Gasteiger charge is 2.08. The molecule has 0 aliphatic heterocycles. The summed E-state index contributed by atoms with van der Waals surface area (Å²) >= 11 is 0. The smallest absolute Gasteiger partial charge is 0.320 e. The topological polar surface area (TPSA) is 103 Å². The van der Waals surface area contributed by atoms with Crippen LogP contribution in [0, 0.1) is 0 Å². The molecule has 0 atom stereocenters. The monoisotopic (exact) mass is 280 g/mol. The van der Waals surface area contributed by atoms with Crippen LogP contribution in [0.2, 0.25) is 0 Å². The Morgan fingerprint density at radius 2 is 1.71 bits per heavy atom. The fourth-order valence-corrected chi connectivity index (χ4v) is 1.84. The van der Waals surface area contributed by atoms with Gasteiger partial charge in [0.2, 0.25) is 5.89 Å². The van der Waals surface area contributed by atoms with Gasteiger partial charge in [0.05, 0.1) is 5.56 Å². The Morgan fingerprint density at radius 3 is 2.38 bits per heavy atom. The second kappa shape index (κ2) is 5.46. The van der Waals surface area contributed by atoms with E-state index in [1.54, 1.807) is 0 Å². The van der Waals surface area contributed by atoms with Gasteiger partial charge in [0, 0.05) is 11.3 Å². The van der Waals surface area contributed by atoms with Gasteiger partial charge >= 0.3 is 6.01 Å². The molecule has 104 valence electrons. The van der Waals surface area contributed by atoms with Crippen LogP contribution in [-0.4, -0.2) is 16.0 Å². The molecule has 3 rings (SSSR count). The first-order valence-electron chi connectivity index (χ1n) is 6.36. The van der Waals surface area contributed by atoms with Gasteiger partial charge in [0.15, 0.2) is 0 Å². The van der Waals surface area contributed by atoms with Crippen molar-refractivity contribution >= 4 is 17.5 Å². The molecule has 21 heavy (non-hydrogen) atoms. The molecule has 0 fully saturated rings. The summed E-state index contributed by atoms with van der Waals surface area (Å²) in [6, 6.07) is 17.2. The van der Waals surface area contributed by atoms with Gasteiger partial charge in [-0.3, -0.25) is 11.1 Å². The van der Waals surface area contributed by atoms with E-state index in [4.69, 9.17) is 15.6 Å². The molecular formula is C15H14N5O+. The zero-order chi connectivity index (χ0) is 14.7. The number of hydrogen-bond acceptors (Lipinski definition) is 4. The Hall–Kier alpha value is -3.15. The summed E-state index contributed by atoms with van der Waals surface area (Å²) in [6.45, 7) is 0. The molecule has 5 N–H and O–H groups in total. The van der Waals surface area contributed by atoms with Crippen molar-refractivity contribution in [3.63, 3.8) is 0 Å². The maximum atomic E-state index is 5.56. The third-order valence-corrected chi connectivity index (χ3v) is 2.92. The molecule has 0 saturated heterocycles.